The molecule has 0 heterocycles. The molecule has 0 spiro atoms. The molecule has 2 unspecified atom stereocenters. The third-order valence-electron chi connectivity index (χ3n) is 4.05. The van der Waals surface area contributed by atoms with Crippen molar-refractivity contribution < 1.29 is 14.6 Å². The minimum Gasteiger partial charge on any atom is -0.481 e. The molecule has 1 aliphatic rings. The number of hydrogen-bond acceptors (Lipinski definition) is 2. The fourth-order valence-electron chi connectivity index (χ4n) is 2.88. The van der Waals surface area contributed by atoms with Crippen molar-refractivity contribution in [2.75, 3.05) is 13.2 Å². The summed E-state index contributed by atoms with van der Waals surface area (Å²) in [4.78, 5) is 11.5. The lowest BCUT2D eigenvalue weighted by atomic mass is 9.67. The molecule has 2 atom stereocenters. The van der Waals surface area contributed by atoms with Gasteiger partial charge in [0.25, 0.3) is 0 Å². The van der Waals surface area contributed by atoms with Crippen LogP contribution in [0.25, 0.3) is 0 Å². The monoisotopic (exact) mass is 242 g/mol. The number of ether oxygens (including phenoxy) is 1. The van der Waals surface area contributed by atoms with Crippen molar-refractivity contribution in [2.45, 2.75) is 58.8 Å². The Balaban J connectivity index is 2.52. The highest BCUT2D eigenvalue weighted by atomic mass is 16.5. The number of carboxylic acid groups (broad SMARTS) is 1. The smallest absolute Gasteiger partial charge is 0.309 e. The highest BCUT2D eigenvalue weighted by Gasteiger charge is 2.41. The number of carboxylic acids is 1. The van der Waals surface area contributed by atoms with Gasteiger partial charge in [0.2, 0.25) is 0 Å². The van der Waals surface area contributed by atoms with Crippen LogP contribution in [0.15, 0.2) is 0 Å². The molecule has 3 nitrogen and oxygen atoms in total. The van der Waals surface area contributed by atoms with Crippen LogP contribution in [0.1, 0.15) is 58.8 Å². The molecular formula is C14H26O3. The first kappa shape index (κ1) is 14.5. The lowest BCUT2D eigenvalue weighted by molar-refractivity contribution is -0.153. The lowest BCUT2D eigenvalue weighted by Gasteiger charge is -2.37. The molecule has 0 aromatic rings. The highest BCUT2D eigenvalue weighted by Crippen LogP contribution is 2.43. The fraction of sp³-hybridized carbons (Fsp3) is 0.929. The van der Waals surface area contributed by atoms with Gasteiger partial charge in [-0.3, -0.25) is 4.79 Å². The van der Waals surface area contributed by atoms with Crippen LogP contribution < -0.4 is 0 Å². The molecule has 1 aliphatic carbocycles. The first-order valence-electron chi connectivity index (χ1n) is 6.95. The van der Waals surface area contributed by atoms with Crippen LogP contribution >= 0.6 is 0 Å². The maximum absolute atomic E-state index is 11.5. The van der Waals surface area contributed by atoms with E-state index >= 15 is 0 Å². The van der Waals surface area contributed by atoms with E-state index in [9.17, 15) is 9.90 Å². The fourth-order valence-corrected chi connectivity index (χ4v) is 2.88. The summed E-state index contributed by atoms with van der Waals surface area (Å²) in [6.45, 7) is 5.57. The van der Waals surface area contributed by atoms with E-state index in [1.807, 2.05) is 0 Å². The Morgan fingerprint density at radius 2 is 2.18 bits per heavy atom. The lowest BCUT2D eigenvalue weighted by Crippen LogP contribution is -2.37. The van der Waals surface area contributed by atoms with E-state index in [0.29, 0.717) is 18.9 Å². The van der Waals surface area contributed by atoms with Gasteiger partial charge in [-0.15, -0.1) is 0 Å². The van der Waals surface area contributed by atoms with Crippen molar-refractivity contribution in [3.63, 3.8) is 0 Å². The predicted molar refractivity (Wildman–Crippen MR) is 68.0 cm³/mol. The molecule has 0 aromatic heterocycles. The third-order valence-corrected chi connectivity index (χ3v) is 4.05. The second-order valence-electron chi connectivity index (χ2n) is 5.32. The molecular weight excluding hydrogens is 216 g/mol. The number of hydrogen-bond donors (Lipinski definition) is 1. The SMILES string of the molecule is CCCOCCC1(C(=O)O)CCCC(CC)C1. The van der Waals surface area contributed by atoms with E-state index in [4.69, 9.17) is 4.74 Å². The summed E-state index contributed by atoms with van der Waals surface area (Å²) in [7, 11) is 0. The van der Waals surface area contributed by atoms with Crippen LogP contribution in [0.2, 0.25) is 0 Å². The zero-order valence-corrected chi connectivity index (χ0v) is 11.2. The van der Waals surface area contributed by atoms with Gasteiger partial charge >= 0.3 is 5.97 Å². The molecule has 100 valence electrons. The van der Waals surface area contributed by atoms with Gasteiger partial charge in [-0.25, -0.2) is 0 Å². The zero-order chi connectivity index (χ0) is 12.7. The summed E-state index contributed by atoms with van der Waals surface area (Å²) in [5, 5.41) is 9.50. The van der Waals surface area contributed by atoms with Gasteiger partial charge in [0.15, 0.2) is 0 Å². The number of carbonyl (C=O) groups is 1. The Morgan fingerprint density at radius 1 is 1.41 bits per heavy atom. The van der Waals surface area contributed by atoms with Crippen molar-refractivity contribution in [3.8, 4) is 0 Å². The molecule has 1 saturated carbocycles. The van der Waals surface area contributed by atoms with Crippen LogP contribution in [0.4, 0.5) is 0 Å². The topological polar surface area (TPSA) is 46.5 Å². The van der Waals surface area contributed by atoms with Crippen LogP contribution in [0.3, 0.4) is 0 Å². The van der Waals surface area contributed by atoms with E-state index in [-0.39, 0.29) is 0 Å². The Labute approximate surface area is 105 Å². The van der Waals surface area contributed by atoms with Crippen molar-refractivity contribution in [2.24, 2.45) is 11.3 Å². The minimum absolute atomic E-state index is 0.507. The molecule has 0 aliphatic heterocycles. The van der Waals surface area contributed by atoms with E-state index in [0.717, 1.165) is 38.7 Å². The summed E-state index contributed by atoms with van der Waals surface area (Å²) in [6, 6.07) is 0. The van der Waals surface area contributed by atoms with Crippen molar-refractivity contribution in [1.29, 1.82) is 0 Å². The van der Waals surface area contributed by atoms with Gasteiger partial charge < -0.3 is 9.84 Å². The summed E-state index contributed by atoms with van der Waals surface area (Å²) in [5.74, 6) is -0.0261. The van der Waals surface area contributed by atoms with Gasteiger partial charge in [-0.05, 0) is 31.6 Å². The molecule has 1 fully saturated rings. The van der Waals surface area contributed by atoms with Gasteiger partial charge in [-0.2, -0.15) is 0 Å². The first-order chi connectivity index (χ1) is 8.14. The largest absolute Gasteiger partial charge is 0.481 e. The average molecular weight is 242 g/mol. The number of rotatable bonds is 7. The van der Waals surface area contributed by atoms with Crippen LogP contribution in [0, 0.1) is 11.3 Å². The van der Waals surface area contributed by atoms with Crippen molar-refractivity contribution in [3.05, 3.63) is 0 Å². The maximum Gasteiger partial charge on any atom is 0.309 e. The van der Waals surface area contributed by atoms with E-state index in [1.54, 1.807) is 0 Å². The normalized spacial score (nSPS) is 29.2. The third kappa shape index (κ3) is 3.98. The second-order valence-corrected chi connectivity index (χ2v) is 5.32. The highest BCUT2D eigenvalue weighted by molar-refractivity contribution is 5.74. The summed E-state index contributed by atoms with van der Waals surface area (Å²) < 4.78 is 5.47. The van der Waals surface area contributed by atoms with Gasteiger partial charge in [-0.1, -0.05) is 33.1 Å². The predicted octanol–water partition coefficient (Wildman–Crippen LogP) is 3.47. The number of aliphatic carboxylic acids is 1. The molecule has 0 radical (unpaired) electrons. The summed E-state index contributed by atoms with van der Waals surface area (Å²) in [5.41, 5.74) is -0.507. The Kier molecular flexibility index (Phi) is 5.96. The standard InChI is InChI=1S/C14H26O3/c1-3-9-17-10-8-14(13(15)16)7-5-6-12(4-2)11-14/h12H,3-11H2,1-2H3,(H,15,16). The molecule has 0 aromatic carbocycles. The molecule has 1 N–H and O–H groups in total. The van der Waals surface area contributed by atoms with Crippen LogP contribution in [-0.2, 0) is 9.53 Å². The molecule has 17 heavy (non-hydrogen) atoms. The Hall–Kier alpha value is -0.570. The Bertz CT molecular complexity index is 240. The van der Waals surface area contributed by atoms with Gasteiger partial charge in [0.05, 0.1) is 5.41 Å². The maximum atomic E-state index is 11.5. The average Bonchev–Trinajstić information content (AvgIpc) is 2.35. The van der Waals surface area contributed by atoms with E-state index < -0.39 is 11.4 Å². The first-order valence-corrected chi connectivity index (χ1v) is 6.95. The summed E-state index contributed by atoms with van der Waals surface area (Å²) >= 11 is 0. The zero-order valence-electron chi connectivity index (χ0n) is 11.2. The molecule has 0 amide bonds. The Morgan fingerprint density at radius 3 is 2.76 bits per heavy atom. The van der Waals surface area contributed by atoms with E-state index in [2.05, 4.69) is 13.8 Å². The second kappa shape index (κ2) is 7.00. The van der Waals surface area contributed by atoms with Crippen LogP contribution in [0.5, 0.6) is 0 Å². The molecule has 0 bridgehead atoms. The molecule has 3 heteroatoms. The molecule has 0 saturated heterocycles. The quantitative estimate of drug-likeness (QED) is 0.695. The van der Waals surface area contributed by atoms with Crippen molar-refractivity contribution >= 4 is 5.97 Å². The van der Waals surface area contributed by atoms with Crippen LogP contribution in [-0.4, -0.2) is 24.3 Å². The minimum atomic E-state index is -0.615. The molecule has 1 rings (SSSR count). The van der Waals surface area contributed by atoms with Gasteiger partial charge in [0, 0.05) is 13.2 Å². The van der Waals surface area contributed by atoms with E-state index in [1.165, 1.54) is 6.42 Å². The van der Waals surface area contributed by atoms with Crippen molar-refractivity contribution in [1.82, 2.24) is 0 Å². The summed E-state index contributed by atoms with van der Waals surface area (Å²) in [6.07, 6.45) is 6.70. The van der Waals surface area contributed by atoms with Gasteiger partial charge in [0.1, 0.15) is 0 Å².